The van der Waals surface area contributed by atoms with Gasteiger partial charge in [-0.1, -0.05) is 72.8 Å². The molecule has 7 nitrogen and oxygen atoms in total. The van der Waals surface area contributed by atoms with Crippen LogP contribution in [0, 0.1) is 0 Å². The zero-order chi connectivity index (χ0) is 24.6. The maximum absolute atomic E-state index is 12.8. The van der Waals surface area contributed by atoms with Crippen LogP contribution in [0.3, 0.4) is 0 Å². The van der Waals surface area contributed by atoms with Crippen molar-refractivity contribution >= 4 is 11.9 Å². The Kier molecular flexibility index (Phi) is 7.57. The number of nitrogens with zero attached hydrogens (tertiary/aromatic N) is 3. The molecule has 2 N–H and O–H groups in total. The topological polar surface area (TPSA) is 79.3 Å². The van der Waals surface area contributed by atoms with Crippen molar-refractivity contribution < 1.29 is 9.59 Å². The number of hydrogen-bond donors (Lipinski definition) is 2. The van der Waals surface area contributed by atoms with Gasteiger partial charge in [0.15, 0.2) is 0 Å². The lowest BCUT2D eigenvalue weighted by Crippen LogP contribution is -2.36. The lowest BCUT2D eigenvalue weighted by Gasteiger charge is -2.18. The summed E-state index contributed by atoms with van der Waals surface area (Å²) in [6.07, 6.45) is 1.99. The molecule has 0 aliphatic rings. The number of nitrogens with one attached hydrogen (secondary N) is 2. The van der Waals surface area contributed by atoms with Crippen LogP contribution in [-0.4, -0.2) is 40.7 Å². The van der Waals surface area contributed by atoms with E-state index in [1.165, 1.54) is 0 Å². The number of hydrogen-bond acceptors (Lipinski definition) is 3. The summed E-state index contributed by atoms with van der Waals surface area (Å²) in [5.41, 5.74) is 5.50. The van der Waals surface area contributed by atoms with Gasteiger partial charge in [0, 0.05) is 50.1 Å². The van der Waals surface area contributed by atoms with Gasteiger partial charge < -0.3 is 15.5 Å². The fourth-order valence-electron chi connectivity index (χ4n) is 3.84. The van der Waals surface area contributed by atoms with Crippen LogP contribution in [0.25, 0.3) is 11.3 Å². The predicted molar refractivity (Wildman–Crippen MR) is 137 cm³/mol. The van der Waals surface area contributed by atoms with Crippen LogP contribution in [-0.2, 0) is 19.6 Å². The molecule has 0 bridgehead atoms. The monoisotopic (exact) mass is 467 g/mol. The maximum atomic E-state index is 12.8. The van der Waals surface area contributed by atoms with Crippen molar-refractivity contribution in [2.75, 3.05) is 14.1 Å². The summed E-state index contributed by atoms with van der Waals surface area (Å²) in [5, 5.41) is 10.4. The van der Waals surface area contributed by atoms with Gasteiger partial charge in [-0.25, -0.2) is 4.79 Å². The summed E-state index contributed by atoms with van der Waals surface area (Å²) in [6, 6.07) is 27.2. The molecule has 7 heteroatoms. The normalized spacial score (nSPS) is 10.6. The third kappa shape index (κ3) is 6.14. The molecular weight excluding hydrogens is 438 g/mol. The number of aromatic nitrogens is 2. The van der Waals surface area contributed by atoms with Gasteiger partial charge in [0.1, 0.15) is 0 Å². The van der Waals surface area contributed by atoms with E-state index in [4.69, 9.17) is 5.10 Å². The van der Waals surface area contributed by atoms with E-state index in [1.807, 2.05) is 71.5 Å². The van der Waals surface area contributed by atoms with Gasteiger partial charge in [-0.05, 0) is 23.3 Å². The maximum Gasteiger partial charge on any atom is 0.317 e. The van der Waals surface area contributed by atoms with Crippen molar-refractivity contribution in [2.45, 2.75) is 19.6 Å². The Morgan fingerprint density at radius 1 is 0.886 bits per heavy atom. The molecule has 0 aliphatic heterocycles. The van der Waals surface area contributed by atoms with Crippen molar-refractivity contribution in [3.05, 3.63) is 113 Å². The Morgan fingerprint density at radius 2 is 1.54 bits per heavy atom. The van der Waals surface area contributed by atoms with Crippen molar-refractivity contribution in [1.29, 1.82) is 0 Å². The van der Waals surface area contributed by atoms with Gasteiger partial charge >= 0.3 is 6.03 Å². The first-order valence-electron chi connectivity index (χ1n) is 11.5. The smallest absolute Gasteiger partial charge is 0.317 e. The number of amides is 3. The minimum atomic E-state index is -0.185. The van der Waals surface area contributed by atoms with Gasteiger partial charge in [-0.2, -0.15) is 5.10 Å². The third-order valence-electron chi connectivity index (χ3n) is 5.71. The van der Waals surface area contributed by atoms with Crippen molar-refractivity contribution in [2.24, 2.45) is 0 Å². The van der Waals surface area contributed by atoms with E-state index in [9.17, 15) is 9.59 Å². The molecule has 1 heterocycles. The Morgan fingerprint density at radius 3 is 2.20 bits per heavy atom. The summed E-state index contributed by atoms with van der Waals surface area (Å²) in [4.78, 5) is 26.1. The van der Waals surface area contributed by atoms with Crippen LogP contribution in [0.4, 0.5) is 4.79 Å². The van der Waals surface area contributed by atoms with Gasteiger partial charge in [0.25, 0.3) is 5.91 Å². The minimum absolute atomic E-state index is 0.135. The number of benzene rings is 3. The first-order valence-corrected chi connectivity index (χ1v) is 11.5. The largest absolute Gasteiger partial charge is 0.355 e. The van der Waals surface area contributed by atoms with E-state index in [1.54, 1.807) is 31.1 Å². The van der Waals surface area contributed by atoms with E-state index in [0.29, 0.717) is 25.2 Å². The molecule has 3 aromatic carbocycles. The molecule has 0 radical (unpaired) electrons. The third-order valence-corrected chi connectivity index (χ3v) is 5.71. The van der Waals surface area contributed by atoms with Crippen LogP contribution in [0.1, 0.15) is 27.0 Å². The first-order chi connectivity index (χ1) is 17.0. The van der Waals surface area contributed by atoms with Gasteiger partial charge in [-0.3, -0.25) is 9.48 Å². The van der Waals surface area contributed by atoms with Gasteiger partial charge in [0.05, 0.1) is 12.2 Å². The van der Waals surface area contributed by atoms with Crippen LogP contribution < -0.4 is 10.6 Å². The summed E-state index contributed by atoms with van der Waals surface area (Å²) in [7, 11) is 3.35. The highest BCUT2D eigenvalue weighted by atomic mass is 16.2. The fourth-order valence-corrected chi connectivity index (χ4v) is 3.84. The lowest BCUT2D eigenvalue weighted by molar-refractivity contribution is 0.0963. The van der Waals surface area contributed by atoms with Gasteiger partial charge in [-0.15, -0.1) is 0 Å². The second kappa shape index (κ2) is 11.2. The molecule has 178 valence electrons. The molecule has 0 saturated heterocycles. The lowest BCUT2D eigenvalue weighted by atomic mass is 10.1. The first kappa shape index (κ1) is 23.8. The SMILES string of the molecule is CNC(=O)c1ccc(CN(C)C(=O)NCc2cn(Cc3ccccc3)nc2-c2ccccc2)cc1. The molecule has 4 aromatic rings. The minimum Gasteiger partial charge on any atom is -0.355 e. The Labute approximate surface area is 205 Å². The summed E-state index contributed by atoms with van der Waals surface area (Å²) in [6.45, 7) is 1.44. The standard InChI is InChI=1S/C28H29N5O2/c1-29-27(34)24-15-13-22(14-16-24)18-32(2)28(35)30-17-25-20-33(19-21-9-5-3-6-10-21)31-26(25)23-11-7-4-8-12-23/h3-16,20H,17-19H2,1-2H3,(H,29,34)(H,30,35). The molecule has 0 fully saturated rings. The fraction of sp³-hybridized carbons (Fsp3) is 0.179. The second-order valence-electron chi connectivity index (χ2n) is 8.34. The summed E-state index contributed by atoms with van der Waals surface area (Å²) < 4.78 is 1.91. The number of carbonyl (C=O) groups is 2. The number of carbonyl (C=O) groups excluding carboxylic acids is 2. The zero-order valence-electron chi connectivity index (χ0n) is 19.9. The van der Waals surface area contributed by atoms with Crippen molar-refractivity contribution in [3.63, 3.8) is 0 Å². The highest BCUT2D eigenvalue weighted by Crippen LogP contribution is 2.22. The van der Waals surface area contributed by atoms with Crippen LogP contribution in [0.15, 0.2) is 91.1 Å². The Bertz CT molecular complexity index is 1270. The van der Waals surface area contributed by atoms with Crippen molar-refractivity contribution in [3.8, 4) is 11.3 Å². The highest BCUT2D eigenvalue weighted by Gasteiger charge is 2.15. The quantitative estimate of drug-likeness (QED) is 0.406. The molecule has 0 spiro atoms. The van der Waals surface area contributed by atoms with E-state index in [0.717, 1.165) is 27.9 Å². The molecule has 1 aromatic heterocycles. The Balaban J connectivity index is 1.43. The average Bonchev–Trinajstić information content (AvgIpc) is 3.30. The van der Waals surface area contributed by atoms with Crippen molar-refractivity contribution in [1.82, 2.24) is 25.3 Å². The number of rotatable bonds is 8. The van der Waals surface area contributed by atoms with Crippen LogP contribution in [0.5, 0.6) is 0 Å². The molecule has 0 saturated carbocycles. The van der Waals surface area contributed by atoms with E-state index < -0.39 is 0 Å². The summed E-state index contributed by atoms with van der Waals surface area (Å²) >= 11 is 0. The highest BCUT2D eigenvalue weighted by molar-refractivity contribution is 5.93. The molecular formula is C28H29N5O2. The molecule has 3 amide bonds. The van der Waals surface area contributed by atoms with Crippen LogP contribution in [0.2, 0.25) is 0 Å². The second-order valence-corrected chi connectivity index (χ2v) is 8.34. The molecule has 0 atom stereocenters. The molecule has 35 heavy (non-hydrogen) atoms. The predicted octanol–water partition coefficient (Wildman–Crippen LogP) is 4.30. The number of urea groups is 1. The summed E-state index contributed by atoms with van der Waals surface area (Å²) in [5.74, 6) is -0.135. The zero-order valence-corrected chi connectivity index (χ0v) is 19.9. The molecule has 4 rings (SSSR count). The Hall–Kier alpha value is -4.39. The molecule has 0 aliphatic carbocycles. The van der Waals surface area contributed by atoms with E-state index >= 15 is 0 Å². The van der Waals surface area contributed by atoms with Crippen LogP contribution >= 0.6 is 0 Å². The van der Waals surface area contributed by atoms with Gasteiger partial charge in [0.2, 0.25) is 0 Å². The average molecular weight is 468 g/mol. The van der Waals surface area contributed by atoms with E-state index in [2.05, 4.69) is 22.8 Å². The van der Waals surface area contributed by atoms with E-state index in [-0.39, 0.29) is 11.9 Å². The molecule has 0 unspecified atom stereocenters.